The molecule has 3 nitrogen and oxygen atoms in total. The van der Waals surface area contributed by atoms with Gasteiger partial charge in [0.2, 0.25) is 5.91 Å². The number of benzene rings is 2. The lowest BCUT2D eigenvalue weighted by Gasteiger charge is -2.06. The summed E-state index contributed by atoms with van der Waals surface area (Å²) in [6.07, 6.45) is 0.792. The molecule has 0 aliphatic heterocycles. The molecular weight excluding hydrogens is 340 g/mol. The molecule has 0 aliphatic rings. The molecule has 0 fully saturated rings. The van der Waals surface area contributed by atoms with E-state index in [4.69, 9.17) is 0 Å². The standard InChI is InChI=1S/C18H17BrN2O/c1-12(22)20-10-9-15-16-11-14(19)7-8-17(16)21-18(15)13-5-3-2-4-6-13/h2-8,11,21H,9-10H2,1H3,(H,20,22). The van der Waals surface area contributed by atoms with Crippen LogP contribution in [0.1, 0.15) is 12.5 Å². The monoisotopic (exact) mass is 356 g/mol. The number of hydrogen-bond donors (Lipinski definition) is 2. The second kappa shape index (κ2) is 6.36. The first kappa shape index (κ1) is 14.9. The Balaban J connectivity index is 2.07. The minimum Gasteiger partial charge on any atom is -0.356 e. The van der Waals surface area contributed by atoms with Crippen molar-refractivity contribution in [3.8, 4) is 11.3 Å². The quantitative estimate of drug-likeness (QED) is 0.719. The molecule has 2 N–H and O–H groups in total. The maximum atomic E-state index is 11.1. The first-order valence-corrected chi connectivity index (χ1v) is 8.04. The van der Waals surface area contributed by atoms with Crippen LogP contribution in [0.2, 0.25) is 0 Å². The van der Waals surface area contributed by atoms with Gasteiger partial charge in [0, 0.05) is 34.5 Å². The van der Waals surface area contributed by atoms with E-state index in [1.165, 1.54) is 10.9 Å². The minimum atomic E-state index is 0.00211. The lowest BCUT2D eigenvalue weighted by Crippen LogP contribution is -2.22. The van der Waals surface area contributed by atoms with E-state index >= 15 is 0 Å². The molecule has 0 bridgehead atoms. The van der Waals surface area contributed by atoms with Crippen LogP contribution in [0.5, 0.6) is 0 Å². The number of hydrogen-bond acceptors (Lipinski definition) is 1. The van der Waals surface area contributed by atoms with Gasteiger partial charge in [-0.2, -0.15) is 0 Å². The molecule has 0 radical (unpaired) electrons. The van der Waals surface area contributed by atoms with E-state index in [0.717, 1.165) is 27.7 Å². The van der Waals surface area contributed by atoms with Gasteiger partial charge in [0.1, 0.15) is 0 Å². The third-order valence-corrected chi connectivity index (χ3v) is 4.17. The van der Waals surface area contributed by atoms with Gasteiger partial charge >= 0.3 is 0 Å². The van der Waals surface area contributed by atoms with Crippen molar-refractivity contribution in [3.63, 3.8) is 0 Å². The Kier molecular flexibility index (Phi) is 4.29. The van der Waals surface area contributed by atoms with Crippen LogP contribution in [0.25, 0.3) is 22.2 Å². The van der Waals surface area contributed by atoms with E-state index in [2.05, 4.69) is 50.5 Å². The molecule has 3 aromatic rings. The van der Waals surface area contributed by atoms with E-state index in [9.17, 15) is 4.79 Å². The average Bonchev–Trinajstić information content (AvgIpc) is 2.86. The molecule has 0 saturated carbocycles. The smallest absolute Gasteiger partial charge is 0.216 e. The van der Waals surface area contributed by atoms with Gasteiger partial charge in [0.05, 0.1) is 0 Å². The summed E-state index contributed by atoms with van der Waals surface area (Å²) in [6, 6.07) is 16.5. The summed E-state index contributed by atoms with van der Waals surface area (Å²) in [5.41, 5.74) is 4.63. The molecule has 0 aliphatic carbocycles. The van der Waals surface area contributed by atoms with E-state index in [0.29, 0.717) is 6.54 Å². The second-order valence-electron chi connectivity index (χ2n) is 5.27. The van der Waals surface area contributed by atoms with Gasteiger partial charge in [-0.1, -0.05) is 46.3 Å². The Bertz CT molecular complexity index is 809. The van der Waals surface area contributed by atoms with Crippen LogP contribution in [-0.2, 0) is 11.2 Å². The van der Waals surface area contributed by atoms with E-state index < -0.39 is 0 Å². The molecule has 2 aromatic carbocycles. The zero-order valence-corrected chi connectivity index (χ0v) is 13.9. The van der Waals surface area contributed by atoms with Crippen molar-refractivity contribution >= 4 is 32.7 Å². The third kappa shape index (κ3) is 3.07. The summed E-state index contributed by atoms with van der Waals surface area (Å²) in [6.45, 7) is 2.18. The van der Waals surface area contributed by atoms with E-state index in [1.807, 2.05) is 24.3 Å². The summed E-state index contributed by atoms with van der Waals surface area (Å²) >= 11 is 3.54. The fraction of sp³-hybridized carbons (Fsp3) is 0.167. The molecule has 22 heavy (non-hydrogen) atoms. The third-order valence-electron chi connectivity index (χ3n) is 3.68. The number of carbonyl (C=O) groups excluding carboxylic acids is 1. The molecule has 0 saturated heterocycles. The van der Waals surface area contributed by atoms with Gasteiger partial charge < -0.3 is 10.3 Å². The van der Waals surface area contributed by atoms with Crippen molar-refractivity contribution in [2.75, 3.05) is 6.54 Å². The number of aromatic amines is 1. The molecule has 0 spiro atoms. The normalized spacial score (nSPS) is 10.8. The molecule has 112 valence electrons. The zero-order valence-electron chi connectivity index (χ0n) is 12.3. The summed E-state index contributed by atoms with van der Waals surface area (Å²) in [7, 11) is 0. The van der Waals surface area contributed by atoms with Crippen LogP contribution in [-0.4, -0.2) is 17.4 Å². The van der Waals surface area contributed by atoms with Gasteiger partial charge in [0.15, 0.2) is 0 Å². The lowest BCUT2D eigenvalue weighted by atomic mass is 10.0. The van der Waals surface area contributed by atoms with Gasteiger partial charge in [-0.25, -0.2) is 0 Å². The number of nitrogens with one attached hydrogen (secondary N) is 2. The highest BCUT2D eigenvalue weighted by Crippen LogP contribution is 2.32. The van der Waals surface area contributed by atoms with Crippen molar-refractivity contribution < 1.29 is 4.79 Å². The van der Waals surface area contributed by atoms with Crippen molar-refractivity contribution in [1.29, 1.82) is 0 Å². The molecule has 0 unspecified atom stereocenters. The number of carbonyl (C=O) groups is 1. The number of amides is 1. The van der Waals surface area contributed by atoms with Crippen LogP contribution in [0.3, 0.4) is 0 Å². The number of halogens is 1. The average molecular weight is 357 g/mol. The van der Waals surface area contributed by atoms with Gasteiger partial charge in [-0.15, -0.1) is 0 Å². The van der Waals surface area contributed by atoms with Crippen molar-refractivity contribution in [1.82, 2.24) is 10.3 Å². The lowest BCUT2D eigenvalue weighted by molar-refractivity contribution is -0.118. The molecule has 0 atom stereocenters. The van der Waals surface area contributed by atoms with Gasteiger partial charge in [-0.05, 0) is 35.7 Å². The Morgan fingerprint density at radius 2 is 1.95 bits per heavy atom. The highest BCUT2D eigenvalue weighted by Gasteiger charge is 2.13. The fourth-order valence-corrected chi connectivity index (χ4v) is 3.06. The predicted octanol–water partition coefficient (Wildman–Crippen LogP) is 4.28. The molecule has 1 amide bonds. The minimum absolute atomic E-state index is 0.00211. The Morgan fingerprint density at radius 1 is 1.18 bits per heavy atom. The van der Waals surface area contributed by atoms with Crippen LogP contribution in [0.15, 0.2) is 53.0 Å². The molecule has 1 heterocycles. The Labute approximate surface area is 137 Å². The van der Waals surface area contributed by atoms with Gasteiger partial charge in [-0.3, -0.25) is 4.79 Å². The largest absolute Gasteiger partial charge is 0.356 e. The first-order valence-electron chi connectivity index (χ1n) is 7.25. The van der Waals surface area contributed by atoms with Crippen molar-refractivity contribution in [2.45, 2.75) is 13.3 Å². The van der Waals surface area contributed by atoms with Crippen LogP contribution in [0.4, 0.5) is 0 Å². The molecule has 3 rings (SSSR count). The highest BCUT2D eigenvalue weighted by atomic mass is 79.9. The maximum absolute atomic E-state index is 11.1. The summed E-state index contributed by atoms with van der Waals surface area (Å²) in [5.74, 6) is 0.00211. The Morgan fingerprint density at radius 3 is 2.68 bits per heavy atom. The van der Waals surface area contributed by atoms with Crippen molar-refractivity contribution in [3.05, 3.63) is 58.6 Å². The SMILES string of the molecule is CC(=O)NCCc1c(-c2ccccc2)[nH]c2ccc(Br)cc12. The number of H-pyrrole nitrogens is 1. The van der Waals surface area contributed by atoms with Crippen LogP contribution in [0, 0.1) is 0 Å². The summed E-state index contributed by atoms with van der Waals surface area (Å²) in [5, 5.41) is 4.07. The maximum Gasteiger partial charge on any atom is 0.216 e. The van der Waals surface area contributed by atoms with E-state index in [-0.39, 0.29) is 5.91 Å². The topological polar surface area (TPSA) is 44.9 Å². The molecular formula is C18H17BrN2O. The number of rotatable bonds is 4. The van der Waals surface area contributed by atoms with E-state index in [1.54, 1.807) is 6.92 Å². The predicted molar refractivity (Wildman–Crippen MR) is 93.8 cm³/mol. The molecule has 1 aromatic heterocycles. The number of fused-ring (bicyclic) bond motifs is 1. The first-order chi connectivity index (χ1) is 10.6. The summed E-state index contributed by atoms with van der Waals surface area (Å²) in [4.78, 5) is 14.6. The van der Waals surface area contributed by atoms with Gasteiger partial charge in [0.25, 0.3) is 0 Å². The van der Waals surface area contributed by atoms with Crippen molar-refractivity contribution in [2.24, 2.45) is 0 Å². The second-order valence-corrected chi connectivity index (χ2v) is 6.18. The fourth-order valence-electron chi connectivity index (χ4n) is 2.69. The molecule has 4 heteroatoms. The number of aromatic nitrogens is 1. The zero-order chi connectivity index (χ0) is 15.5. The highest BCUT2D eigenvalue weighted by molar-refractivity contribution is 9.10. The van der Waals surface area contributed by atoms with Crippen LogP contribution >= 0.6 is 15.9 Å². The van der Waals surface area contributed by atoms with Crippen LogP contribution < -0.4 is 5.32 Å². The Hall–Kier alpha value is -2.07. The summed E-state index contributed by atoms with van der Waals surface area (Å²) < 4.78 is 1.05.